The molecule has 0 aliphatic rings. The number of carbonyl (C=O) groups excluding carboxylic acids is 1. The minimum atomic E-state index is -0.428. The van der Waals surface area contributed by atoms with Crippen molar-refractivity contribution in [1.82, 2.24) is 14.5 Å². The second kappa shape index (κ2) is 6.69. The Labute approximate surface area is 128 Å². The fourth-order valence-electron chi connectivity index (χ4n) is 2.04. The topological polar surface area (TPSA) is 61.3 Å². The van der Waals surface area contributed by atoms with Gasteiger partial charge in [0.15, 0.2) is 4.77 Å². The summed E-state index contributed by atoms with van der Waals surface area (Å²) < 4.78 is 2.20. The molecule has 1 amide bonds. The summed E-state index contributed by atoms with van der Waals surface area (Å²) in [6, 6.07) is 9.51. The van der Waals surface area contributed by atoms with E-state index in [1.165, 1.54) is 0 Å². The fraction of sp³-hybridized carbons (Fsp3) is 0.333. The van der Waals surface area contributed by atoms with Gasteiger partial charge in [0.25, 0.3) is 5.91 Å². The zero-order chi connectivity index (χ0) is 15.4. The van der Waals surface area contributed by atoms with E-state index >= 15 is 0 Å². The number of imidazole rings is 1. The van der Waals surface area contributed by atoms with Crippen LogP contribution < -0.4 is 0 Å². The first-order valence-corrected chi connectivity index (χ1v) is 7.21. The third-order valence-corrected chi connectivity index (χ3v) is 3.54. The number of nitrogens with one attached hydrogen (secondary N) is 1. The third kappa shape index (κ3) is 3.59. The maximum atomic E-state index is 12.5. The molecule has 0 bridgehead atoms. The molecular weight excluding hydrogens is 286 g/mol. The van der Waals surface area contributed by atoms with Crippen LogP contribution in [0, 0.1) is 4.77 Å². The number of benzene rings is 1. The molecule has 21 heavy (non-hydrogen) atoms. The Balaban J connectivity index is 2.29. The van der Waals surface area contributed by atoms with Gasteiger partial charge in [0.1, 0.15) is 5.69 Å². The van der Waals surface area contributed by atoms with E-state index < -0.39 is 6.10 Å². The SMILES string of the molecule is CC(O)CCN(C)C(=O)c1c[nH]c(=S)n1-c1ccccc1. The molecular formula is C15H19N3O2S. The number of aliphatic hydroxyl groups is 1. The van der Waals surface area contributed by atoms with E-state index in [0.29, 0.717) is 23.4 Å². The largest absolute Gasteiger partial charge is 0.393 e. The van der Waals surface area contributed by atoms with E-state index in [9.17, 15) is 9.90 Å². The minimum absolute atomic E-state index is 0.133. The number of aromatic nitrogens is 2. The molecule has 1 atom stereocenters. The van der Waals surface area contributed by atoms with Crippen LogP contribution >= 0.6 is 12.2 Å². The Morgan fingerprint density at radius 2 is 2.10 bits per heavy atom. The maximum Gasteiger partial charge on any atom is 0.272 e. The Morgan fingerprint density at radius 1 is 1.43 bits per heavy atom. The molecule has 0 radical (unpaired) electrons. The highest BCUT2D eigenvalue weighted by Gasteiger charge is 2.18. The summed E-state index contributed by atoms with van der Waals surface area (Å²) in [4.78, 5) is 17.0. The van der Waals surface area contributed by atoms with E-state index in [-0.39, 0.29) is 5.91 Å². The summed E-state index contributed by atoms with van der Waals surface area (Å²) in [5.74, 6) is -0.133. The van der Waals surface area contributed by atoms with Crippen LogP contribution in [0.4, 0.5) is 0 Å². The van der Waals surface area contributed by atoms with Gasteiger partial charge in [-0.25, -0.2) is 0 Å². The van der Waals surface area contributed by atoms with Gasteiger partial charge >= 0.3 is 0 Å². The number of aromatic amines is 1. The summed E-state index contributed by atoms with van der Waals surface area (Å²) in [7, 11) is 1.72. The van der Waals surface area contributed by atoms with Gasteiger partial charge in [-0.05, 0) is 37.7 Å². The highest BCUT2D eigenvalue weighted by Crippen LogP contribution is 2.14. The van der Waals surface area contributed by atoms with E-state index in [2.05, 4.69) is 4.98 Å². The molecule has 2 N–H and O–H groups in total. The third-order valence-electron chi connectivity index (χ3n) is 3.24. The predicted molar refractivity (Wildman–Crippen MR) is 84.2 cm³/mol. The molecule has 0 saturated heterocycles. The Morgan fingerprint density at radius 3 is 2.71 bits per heavy atom. The summed E-state index contributed by atoms with van der Waals surface area (Å²) in [5.41, 5.74) is 1.33. The van der Waals surface area contributed by atoms with Crippen LogP contribution in [-0.2, 0) is 0 Å². The van der Waals surface area contributed by atoms with Crippen LogP contribution in [0.3, 0.4) is 0 Å². The summed E-state index contributed by atoms with van der Waals surface area (Å²) >= 11 is 5.26. The number of nitrogens with zero attached hydrogens (tertiary/aromatic N) is 2. The van der Waals surface area contributed by atoms with Crippen LogP contribution in [0.15, 0.2) is 36.5 Å². The number of amides is 1. The molecule has 1 unspecified atom stereocenters. The van der Waals surface area contributed by atoms with Gasteiger partial charge < -0.3 is 15.0 Å². The quantitative estimate of drug-likeness (QED) is 0.834. The van der Waals surface area contributed by atoms with Crippen LogP contribution in [0.5, 0.6) is 0 Å². The van der Waals surface area contributed by atoms with Crippen molar-refractivity contribution in [1.29, 1.82) is 0 Å². The predicted octanol–water partition coefficient (Wildman–Crippen LogP) is 2.38. The zero-order valence-corrected chi connectivity index (χ0v) is 12.9. The standard InChI is InChI=1S/C15H19N3O2S/c1-11(19)8-9-17(2)14(20)13-10-16-15(21)18(13)12-6-4-3-5-7-12/h3-7,10-11,19H,8-9H2,1-2H3,(H,16,21). The van der Waals surface area contributed by atoms with Gasteiger partial charge in [-0.2, -0.15) is 0 Å². The molecule has 112 valence electrons. The molecule has 0 saturated carbocycles. The van der Waals surface area contributed by atoms with Gasteiger partial charge in [-0.1, -0.05) is 18.2 Å². The lowest BCUT2D eigenvalue weighted by Crippen LogP contribution is -2.30. The molecule has 1 heterocycles. The molecule has 0 aliphatic heterocycles. The number of carbonyl (C=O) groups is 1. The second-order valence-corrected chi connectivity index (χ2v) is 5.40. The lowest BCUT2D eigenvalue weighted by Gasteiger charge is -2.18. The van der Waals surface area contributed by atoms with Gasteiger partial charge in [0, 0.05) is 25.5 Å². The van der Waals surface area contributed by atoms with E-state index in [1.54, 1.807) is 29.6 Å². The number of hydrogen-bond acceptors (Lipinski definition) is 3. The molecule has 0 spiro atoms. The maximum absolute atomic E-state index is 12.5. The first kappa shape index (κ1) is 15.5. The van der Waals surface area contributed by atoms with Gasteiger partial charge in [-0.3, -0.25) is 9.36 Å². The van der Waals surface area contributed by atoms with Crippen molar-refractivity contribution in [3.63, 3.8) is 0 Å². The lowest BCUT2D eigenvalue weighted by atomic mass is 10.2. The Hall–Kier alpha value is -1.92. The molecule has 1 aromatic carbocycles. The van der Waals surface area contributed by atoms with Crippen molar-refractivity contribution in [3.8, 4) is 5.69 Å². The van der Waals surface area contributed by atoms with E-state index in [1.807, 2.05) is 30.3 Å². The van der Waals surface area contributed by atoms with Gasteiger partial charge in [0.2, 0.25) is 0 Å². The smallest absolute Gasteiger partial charge is 0.272 e. The van der Waals surface area contributed by atoms with Crippen molar-refractivity contribution in [2.45, 2.75) is 19.4 Å². The monoisotopic (exact) mass is 305 g/mol. The Kier molecular flexibility index (Phi) is 4.93. The molecule has 2 aromatic rings. The summed E-state index contributed by atoms with van der Waals surface area (Å²) in [6.07, 6.45) is 1.73. The number of aliphatic hydroxyl groups excluding tert-OH is 1. The lowest BCUT2D eigenvalue weighted by molar-refractivity contribution is 0.0761. The average Bonchev–Trinajstić information content (AvgIpc) is 2.86. The molecule has 2 rings (SSSR count). The first-order chi connectivity index (χ1) is 10.0. The van der Waals surface area contributed by atoms with Crippen LogP contribution in [-0.4, -0.2) is 45.2 Å². The zero-order valence-electron chi connectivity index (χ0n) is 12.1. The molecule has 5 nitrogen and oxygen atoms in total. The van der Waals surface area contributed by atoms with Gasteiger partial charge in [-0.15, -0.1) is 0 Å². The van der Waals surface area contributed by atoms with Crippen molar-refractivity contribution >= 4 is 18.1 Å². The number of rotatable bonds is 5. The molecule has 0 fully saturated rings. The van der Waals surface area contributed by atoms with Crippen LogP contribution in [0.25, 0.3) is 5.69 Å². The highest BCUT2D eigenvalue weighted by atomic mass is 32.1. The van der Waals surface area contributed by atoms with Crippen LogP contribution in [0.1, 0.15) is 23.8 Å². The van der Waals surface area contributed by atoms with E-state index in [0.717, 1.165) is 5.69 Å². The normalized spacial score (nSPS) is 12.1. The average molecular weight is 305 g/mol. The van der Waals surface area contributed by atoms with Crippen molar-refractivity contribution in [2.75, 3.05) is 13.6 Å². The second-order valence-electron chi connectivity index (χ2n) is 5.01. The van der Waals surface area contributed by atoms with E-state index in [4.69, 9.17) is 12.2 Å². The number of H-pyrrole nitrogens is 1. The number of hydrogen-bond donors (Lipinski definition) is 2. The van der Waals surface area contributed by atoms with Gasteiger partial charge in [0.05, 0.1) is 6.10 Å². The minimum Gasteiger partial charge on any atom is -0.393 e. The number of para-hydroxylation sites is 1. The fourth-order valence-corrected chi connectivity index (χ4v) is 2.30. The first-order valence-electron chi connectivity index (χ1n) is 6.80. The summed E-state index contributed by atoms with van der Waals surface area (Å²) in [6.45, 7) is 2.20. The van der Waals surface area contributed by atoms with Crippen molar-refractivity contribution in [3.05, 3.63) is 47.0 Å². The highest BCUT2D eigenvalue weighted by molar-refractivity contribution is 7.71. The Bertz CT molecular complexity index is 661. The van der Waals surface area contributed by atoms with Crippen molar-refractivity contribution in [2.24, 2.45) is 0 Å². The summed E-state index contributed by atoms with van der Waals surface area (Å²) in [5, 5.41) is 9.32. The molecule has 1 aromatic heterocycles. The molecule has 6 heteroatoms. The molecule has 0 aliphatic carbocycles. The van der Waals surface area contributed by atoms with Crippen LogP contribution in [0.2, 0.25) is 0 Å². The van der Waals surface area contributed by atoms with Crippen molar-refractivity contribution < 1.29 is 9.90 Å².